The van der Waals surface area contributed by atoms with Gasteiger partial charge in [-0.15, -0.1) is 0 Å². The van der Waals surface area contributed by atoms with Crippen LogP contribution in [0.3, 0.4) is 0 Å². The quantitative estimate of drug-likeness (QED) is 0.731. The van der Waals surface area contributed by atoms with E-state index < -0.39 is 10.0 Å². The molecule has 0 saturated heterocycles. The van der Waals surface area contributed by atoms with Crippen molar-refractivity contribution in [2.75, 3.05) is 16.7 Å². The Morgan fingerprint density at radius 1 is 0.926 bits per heavy atom. The van der Waals surface area contributed by atoms with Gasteiger partial charge in [0.25, 0.3) is 15.9 Å². The molecule has 0 bridgehead atoms. The molecule has 4 rings (SSSR count). The third-order valence-corrected chi connectivity index (χ3v) is 6.52. The fourth-order valence-electron chi connectivity index (χ4n) is 3.28. The number of carbonyl (C=O) groups excluding carboxylic acids is 1. The third kappa shape index (κ3) is 2.88. The van der Waals surface area contributed by atoms with Gasteiger partial charge in [0.1, 0.15) is 0 Å². The summed E-state index contributed by atoms with van der Waals surface area (Å²) in [4.78, 5) is 12.9. The van der Waals surface area contributed by atoms with Crippen molar-refractivity contribution in [2.45, 2.75) is 11.8 Å². The SMILES string of the molecule is Cc1cccc(NC(=O)c2ccc3c(c2)-c2ccccc2S(=O)(=O)N3C)c1. The van der Waals surface area contributed by atoms with Crippen LogP contribution in [-0.4, -0.2) is 21.4 Å². The van der Waals surface area contributed by atoms with Crippen molar-refractivity contribution >= 4 is 27.3 Å². The van der Waals surface area contributed by atoms with Gasteiger partial charge in [-0.25, -0.2) is 8.42 Å². The molecule has 3 aromatic rings. The van der Waals surface area contributed by atoms with Crippen molar-refractivity contribution in [3.8, 4) is 11.1 Å². The summed E-state index contributed by atoms with van der Waals surface area (Å²) in [6, 6.07) is 19.5. The van der Waals surface area contributed by atoms with Crippen LogP contribution in [0.15, 0.2) is 71.6 Å². The molecule has 27 heavy (non-hydrogen) atoms. The zero-order valence-electron chi connectivity index (χ0n) is 14.9. The maximum atomic E-state index is 12.7. The number of sulfonamides is 1. The minimum atomic E-state index is -3.59. The highest BCUT2D eigenvalue weighted by molar-refractivity contribution is 7.93. The largest absolute Gasteiger partial charge is 0.322 e. The smallest absolute Gasteiger partial charge is 0.264 e. The summed E-state index contributed by atoms with van der Waals surface area (Å²) in [5, 5.41) is 2.89. The van der Waals surface area contributed by atoms with E-state index in [1.54, 1.807) is 42.5 Å². The lowest BCUT2D eigenvalue weighted by Gasteiger charge is -2.29. The minimum Gasteiger partial charge on any atom is -0.322 e. The lowest BCUT2D eigenvalue weighted by Crippen LogP contribution is -2.30. The third-order valence-electron chi connectivity index (χ3n) is 4.69. The maximum absolute atomic E-state index is 12.7. The Hall–Kier alpha value is -3.12. The normalized spacial score (nSPS) is 14.2. The van der Waals surface area contributed by atoms with Crippen molar-refractivity contribution in [2.24, 2.45) is 0 Å². The van der Waals surface area contributed by atoms with Gasteiger partial charge in [-0.05, 0) is 48.9 Å². The Kier molecular flexibility index (Phi) is 4.00. The monoisotopic (exact) mass is 378 g/mol. The minimum absolute atomic E-state index is 0.239. The molecule has 1 N–H and O–H groups in total. The van der Waals surface area contributed by atoms with E-state index in [0.29, 0.717) is 16.8 Å². The van der Waals surface area contributed by atoms with E-state index in [9.17, 15) is 13.2 Å². The van der Waals surface area contributed by atoms with E-state index in [0.717, 1.165) is 16.8 Å². The van der Waals surface area contributed by atoms with Gasteiger partial charge >= 0.3 is 0 Å². The van der Waals surface area contributed by atoms with Gasteiger partial charge in [0.05, 0.1) is 10.6 Å². The fourth-order valence-corrected chi connectivity index (χ4v) is 4.70. The second-order valence-corrected chi connectivity index (χ2v) is 8.46. The number of hydrogen-bond acceptors (Lipinski definition) is 3. The molecule has 0 radical (unpaired) electrons. The van der Waals surface area contributed by atoms with E-state index in [4.69, 9.17) is 0 Å². The van der Waals surface area contributed by atoms with Crippen LogP contribution in [0.5, 0.6) is 0 Å². The molecule has 3 aromatic carbocycles. The molecule has 136 valence electrons. The Balaban J connectivity index is 1.77. The number of amides is 1. The van der Waals surface area contributed by atoms with Crippen LogP contribution in [0.2, 0.25) is 0 Å². The summed E-state index contributed by atoms with van der Waals surface area (Å²) in [5.41, 5.74) is 4.13. The molecule has 0 aromatic heterocycles. The number of fused-ring (bicyclic) bond motifs is 3. The van der Waals surface area contributed by atoms with E-state index >= 15 is 0 Å². The number of anilines is 2. The zero-order valence-corrected chi connectivity index (χ0v) is 15.7. The number of nitrogens with zero attached hydrogens (tertiary/aromatic N) is 1. The molecule has 6 heteroatoms. The van der Waals surface area contributed by atoms with Crippen LogP contribution in [0.25, 0.3) is 11.1 Å². The number of hydrogen-bond donors (Lipinski definition) is 1. The van der Waals surface area contributed by atoms with E-state index in [1.807, 2.05) is 31.2 Å². The standard InChI is InChI=1S/C21H18N2O3S/c1-14-6-5-7-16(12-14)22-21(24)15-10-11-19-18(13-15)17-8-3-4-9-20(17)27(25,26)23(19)2/h3-13H,1-2H3,(H,22,24). The summed E-state index contributed by atoms with van der Waals surface area (Å²) in [6.45, 7) is 1.96. The molecule has 1 aliphatic rings. The summed E-state index contributed by atoms with van der Waals surface area (Å²) in [6.07, 6.45) is 0. The highest BCUT2D eigenvalue weighted by Gasteiger charge is 2.32. The zero-order chi connectivity index (χ0) is 19.2. The molecule has 0 aliphatic carbocycles. The van der Waals surface area contributed by atoms with Crippen LogP contribution in [0.1, 0.15) is 15.9 Å². The van der Waals surface area contributed by atoms with Crippen LogP contribution in [0, 0.1) is 6.92 Å². The Morgan fingerprint density at radius 3 is 2.48 bits per heavy atom. The first-order valence-corrected chi connectivity index (χ1v) is 9.92. The van der Waals surface area contributed by atoms with Crippen LogP contribution in [-0.2, 0) is 10.0 Å². The van der Waals surface area contributed by atoms with E-state index in [1.165, 1.54) is 11.4 Å². The van der Waals surface area contributed by atoms with Crippen molar-refractivity contribution in [1.29, 1.82) is 0 Å². The highest BCUT2D eigenvalue weighted by atomic mass is 32.2. The van der Waals surface area contributed by atoms with Gasteiger partial charge < -0.3 is 5.32 Å². The van der Waals surface area contributed by atoms with Gasteiger partial charge in [0, 0.05) is 29.4 Å². The number of nitrogens with one attached hydrogen (secondary N) is 1. The predicted octanol–water partition coefficient (Wildman–Crippen LogP) is 4.05. The first-order chi connectivity index (χ1) is 12.9. The molecule has 1 amide bonds. The van der Waals surface area contributed by atoms with Gasteiger partial charge in [-0.2, -0.15) is 0 Å². The first kappa shape index (κ1) is 17.3. The summed E-state index contributed by atoms with van der Waals surface area (Å²) in [7, 11) is -2.06. The van der Waals surface area contributed by atoms with Crippen LogP contribution >= 0.6 is 0 Å². The predicted molar refractivity (Wildman–Crippen MR) is 107 cm³/mol. The van der Waals surface area contributed by atoms with E-state index in [2.05, 4.69) is 5.32 Å². The highest BCUT2D eigenvalue weighted by Crippen LogP contribution is 2.42. The lowest BCUT2D eigenvalue weighted by atomic mass is 10.00. The summed E-state index contributed by atoms with van der Waals surface area (Å²) in [5.74, 6) is -0.239. The van der Waals surface area contributed by atoms with Crippen LogP contribution < -0.4 is 9.62 Å². The van der Waals surface area contributed by atoms with Gasteiger partial charge in [-0.3, -0.25) is 9.10 Å². The van der Waals surface area contributed by atoms with Crippen molar-refractivity contribution in [3.63, 3.8) is 0 Å². The molecular weight excluding hydrogens is 360 g/mol. The molecule has 1 heterocycles. The molecule has 0 atom stereocenters. The summed E-state index contributed by atoms with van der Waals surface area (Å²) < 4.78 is 26.7. The Morgan fingerprint density at radius 2 is 1.70 bits per heavy atom. The average molecular weight is 378 g/mol. The fraction of sp³-hybridized carbons (Fsp3) is 0.0952. The van der Waals surface area contributed by atoms with Gasteiger partial charge in [0.15, 0.2) is 0 Å². The Bertz CT molecular complexity index is 1170. The maximum Gasteiger partial charge on any atom is 0.264 e. The van der Waals surface area contributed by atoms with Crippen molar-refractivity contribution in [3.05, 3.63) is 77.9 Å². The second-order valence-electron chi connectivity index (χ2n) is 6.52. The molecule has 5 nitrogen and oxygen atoms in total. The Labute approximate surface area is 158 Å². The van der Waals surface area contributed by atoms with Crippen molar-refractivity contribution < 1.29 is 13.2 Å². The second kappa shape index (κ2) is 6.25. The number of carbonyl (C=O) groups is 1. The van der Waals surface area contributed by atoms with Gasteiger partial charge in [-0.1, -0.05) is 30.3 Å². The molecular formula is C21H18N2O3S. The number of rotatable bonds is 2. The molecule has 0 saturated carbocycles. The van der Waals surface area contributed by atoms with Crippen LogP contribution in [0.4, 0.5) is 11.4 Å². The van der Waals surface area contributed by atoms with Gasteiger partial charge in [0.2, 0.25) is 0 Å². The molecule has 0 fully saturated rings. The van der Waals surface area contributed by atoms with E-state index in [-0.39, 0.29) is 10.8 Å². The number of aryl methyl sites for hydroxylation is 1. The molecule has 0 spiro atoms. The topological polar surface area (TPSA) is 66.5 Å². The lowest BCUT2D eigenvalue weighted by molar-refractivity contribution is 0.102. The van der Waals surface area contributed by atoms with Crippen molar-refractivity contribution in [1.82, 2.24) is 0 Å². The number of benzene rings is 3. The summed E-state index contributed by atoms with van der Waals surface area (Å²) >= 11 is 0. The molecule has 0 unspecified atom stereocenters. The first-order valence-electron chi connectivity index (χ1n) is 8.48. The molecule has 1 aliphatic heterocycles. The average Bonchev–Trinajstić information content (AvgIpc) is 2.66.